The summed E-state index contributed by atoms with van der Waals surface area (Å²) >= 11 is 1.63. The molecule has 1 aromatic carbocycles. The molecular weight excluding hydrogens is 372 g/mol. The highest BCUT2D eigenvalue weighted by Crippen LogP contribution is 2.35. The van der Waals surface area contributed by atoms with Crippen LogP contribution in [0.5, 0.6) is 11.5 Å². The number of aromatic nitrogens is 1. The zero-order chi connectivity index (χ0) is 20.1. The molecule has 6 heteroatoms. The molecule has 5 nitrogen and oxygen atoms in total. The highest BCUT2D eigenvalue weighted by Gasteiger charge is 2.15. The number of nitrogens with one attached hydrogen (secondary N) is 1. The number of benzene rings is 1. The van der Waals surface area contributed by atoms with E-state index in [0.29, 0.717) is 22.8 Å². The maximum Gasteiger partial charge on any atom is 0.267 e. The predicted octanol–water partition coefficient (Wildman–Crippen LogP) is 5.00. The number of hydrogen-bond donors (Lipinski definition) is 1. The molecule has 3 rings (SSSR count). The van der Waals surface area contributed by atoms with E-state index in [1.165, 1.54) is 4.88 Å². The molecule has 0 fully saturated rings. The van der Waals surface area contributed by atoms with Crippen LogP contribution in [0.2, 0.25) is 0 Å². The van der Waals surface area contributed by atoms with E-state index in [9.17, 15) is 10.1 Å². The van der Waals surface area contributed by atoms with E-state index in [2.05, 4.69) is 24.0 Å². The minimum Gasteiger partial charge on any atom is -0.493 e. The number of pyridine rings is 1. The summed E-state index contributed by atoms with van der Waals surface area (Å²) in [7, 11) is 3.14. The highest BCUT2D eigenvalue weighted by molar-refractivity contribution is 7.15. The van der Waals surface area contributed by atoms with Crippen LogP contribution in [0.1, 0.15) is 30.2 Å². The lowest BCUT2D eigenvalue weighted by Crippen LogP contribution is -2.12. The third-order valence-corrected chi connectivity index (χ3v) is 5.72. The van der Waals surface area contributed by atoms with Gasteiger partial charge in [0.2, 0.25) is 0 Å². The lowest BCUT2D eigenvalue weighted by atomic mass is 10.0. The first-order chi connectivity index (χ1) is 13.6. The molecular formula is C22H22N2O3S. The maximum atomic E-state index is 12.6. The number of methoxy groups -OCH3 is 2. The molecule has 3 aromatic rings. The van der Waals surface area contributed by atoms with Crippen molar-refractivity contribution in [3.63, 3.8) is 0 Å². The van der Waals surface area contributed by atoms with Crippen LogP contribution in [-0.4, -0.2) is 19.2 Å². The van der Waals surface area contributed by atoms with Crippen LogP contribution in [0.15, 0.2) is 41.2 Å². The zero-order valence-electron chi connectivity index (χ0n) is 16.2. The van der Waals surface area contributed by atoms with Gasteiger partial charge in [-0.25, -0.2) is 0 Å². The molecule has 2 heterocycles. The number of hydrogen-bond acceptors (Lipinski definition) is 5. The fourth-order valence-corrected chi connectivity index (χ4v) is 4.10. The second-order valence-electron chi connectivity index (χ2n) is 6.35. The topological polar surface area (TPSA) is 75.1 Å². The van der Waals surface area contributed by atoms with Crippen LogP contribution in [0.3, 0.4) is 0 Å². The molecule has 0 unspecified atom stereocenters. The van der Waals surface area contributed by atoms with Crippen LogP contribution >= 0.6 is 11.3 Å². The standard InChI is InChI=1S/C22H22N2O3S/c1-4-5-6-15-8-10-21(28-15)16-12-18(24-22(25)17(16)13-23)14-7-9-19(26-2)20(11-14)27-3/h7-12H,4-6H2,1-3H3,(H,24,25). The minimum atomic E-state index is -0.395. The Balaban J connectivity index is 2.10. The van der Waals surface area contributed by atoms with Crippen molar-refractivity contribution < 1.29 is 9.47 Å². The Hall–Kier alpha value is -3.04. The lowest BCUT2D eigenvalue weighted by molar-refractivity contribution is 0.355. The van der Waals surface area contributed by atoms with Crippen LogP contribution in [-0.2, 0) is 6.42 Å². The molecule has 0 radical (unpaired) electrons. The summed E-state index contributed by atoms with van der Waals surface area (Å²) in [6.07, 6.45) is 3.26. The molecule has 1 N–H and O–H groups in total. The van der Waals surface area contributed by atoms with Crippen molar-refractivity contribution in [2.45, 2.75) is 26.2 Å². The van der Waals surface area contributed by atoms with E-state index in [-0.39, 0.29) is 5.56 Å². The summed E-state index contributed by atoms with van der Waals surface area (Å²) in [6.45, 7) is 2.16. The molecule has 0 saturated carbocycles. The van der Waals surface area contributed by atoms with Gasteiger partial charge in [-0.05, 0) is 49.2 Å². The second kappa shape index (κ2) is 8.77. The number of nitrogens with zero attached hydrogens (tertiary/aromatic N) is 1. The number of aryl methyl sites for hydroxylation is 1. The Labute approximate surface area is 168 Å². The summed E-state index contributed by atoms with van der Waals surface area (Å²) < 4.78 is 10.6. The SMILES string of the molecule is CCCCc1ccc(-c2cc(-c3ccc(OC)c(OC)c3)[nH]c(=O)c2C#N)s1. The molecule has 0 saturated heterocycles. The van der Waals surface area contributed by atoms with E-state index in [4.69, 9.17) is 9.47 Å². The van der Waals surface area contributed by atoms with E-state index >= 15 is 0 Å². The first kappa shape index (κ1) is 19.7. The van der Waals surface area contributed by atoms with Gasteiger partial charge in [0, 0.05) is 26.6 Å². The Morgan fingerprint density at radius 2 is 1.89 bits per heavy atom. The molecule has 0 spiro atoms. The van der Waals surface area contributed by atoms with Gasteiger partial charge in [0.15, 0.2) is 11.5 Å². The van der Waals surface area contributed by atoms with Crippen molar-refractivity contribution in [1.82, 2.24) is 4.98 Å². The van der Waals surface area contributed by atoms with Crippen LogP contribution in [0, 0.1) is 11.3 Å². The Bertz CT molecular complexity index is 1080. The van der Waals surface area contributed by atoms with E-state index in [0.717, 1.165) is 29.7 Å². The summed E-state index contributed by atoms with van der Waals surface area (Å²) in [6, 6.07) is 13.4. The molecule has 0 aliphatic heterocycles. The van der Waals surface area contributed by atoms with Crippen molar-refractivity contribution >= 4 is 11.3 Å². The van der Waals surface area contributed by atoms with Crippen molar-refractivity contribution in [3.8, 4) is 39.3 Å². The average Bonchev–Trinajstić information content (AvgIpc) is 3.19. The van der Waals surface area contributed by atoms with Gasteiger partial charge in [-0.1, -0.05) is 13.3 Å². The Morgan fingerprint density at radius 3 is 2.57 bits per heavy atom. The molecule has 0 aliphatic rings. The van der Waals surface area contributed by atoms with Gasteiger partial charge in [-0.15, -0.1) is 11.3 Å². The predicted molar refractivity (Wildman–Crippen MR) is 112 cm³/mol. The van der Waals surface area contributed by atoms with Gasteiger partial charge in [0.05, 0.1) is 14.2 Å². The molecule has 0 aliphatic carbocycles. The number of aromatic amines is 1. The Morgan fingerprint density at radius 1 is 1.11 bits per heavy atom. The monoisotopic (exact) mass is 394 g/mol. The van der Waals surface area contributed by atoms with E-state index < -0.39 is 5.56 Å². The van der Waals surface area contributed by atoms with Crippen molar-refractivity contribution in [2.24, 2.45) is 0 Å². The smallest absolute Gasteiger partial charge is 0.267 e. The number of ether oxygens (including phenoxy) is 2. The third-order valence-electron chi connectivity index (χ3n) is 4.54. The molecule has 0 bridgehead atoms. The van der Waals surface area contributed by atoms with Gasteiger partial charge < -0.3 is 14.5 Å². The van der Waals surface area contributed by atoms with E-state index in [1.807, 2.05) is 18.2 Å². The van der Waals surface area contributed by atoms with Gasteiger partial charge in [0.25, 0.3) is 5.56 Å². The van der Waals surface area contributed by atoms with Crippen LogP contribution < -0.4 is 15.0 Å². The summed E-state index contributed by atoms with van der Waals surface area (Å²) in [4.78, 5) is 17.6. The number of rotatable bonds is 7. The summed E-state index contributed by atoms with van der Waals surface area (Å²) in [5, 5.41) is 9.52. The fourth-order valence-electron chi connectivity index (χ4n) is 3.03. The van der Waals surface area contributed by atoms with Crippen molar-refractivity contribution in [1.29, 1.82) is 5.26 Å². The quantitative estimate of drug-likeness (QED) is 0.612. The zero-order valence-corrected chi connectivity index (χ0v) is 17.0. The molecule has 28 heavy (non-hydrogen) atoms. The van der Waals surface area contributed by atoms with Gasteiger partial charge in [0.1, 0.15) is 11.6 Å². The van der Waals surface area contributed by atoms with Crippen molar-refractivity contribution in [3.05, 3.63) is 57.2 Å². The third kappa shape index (κ3) is 3.95. The average molecular weight is 394 g/mol. The number of thiophene rings is 1. The molecule has 0 atom stereocenters. The normalized spacial score (nSPS) is 10.5. The van der Waals surface area contributed by atoms with Gasteiger partial charge in [-0.2, -0.15) is 5.26 Å². The fraction of sp³-hybridized carbons (Fsp3) is 0.273. The summed E-state index contributed by atoms with van der Waals surface area (Å²) in [5.74, 6) is 1.19. The van der Waals surface area contributed by atoms with Gasteiger partial charge >= 0.3 is 0 Å². The summed E-state index contributed by atoms with van der Waals surface area (Å²) in [5.41, 5.74) is 1.80. The second-order valence-corrected chi connectivity index (χ2v) is 7.52. The first-order valence-corrected chi connectivity index (χ1v) is 9.91. The van der Waals surface area contributed by atoms with Gasteiger partial charge in [-0.3, -0.25) is 4.79 Å². The lowest BCUT2D eigenvalue weighted by Gasteiger charge is -2.11. The molecule has 2 aromatic heterocycles. The number of H-pyrrole nitrogens is 1. The Kier molecular flexibility index (Phi) is 6.17. The minimum absolute atomic E-state index is 0.133. The molecule has 0 amide bonds. The van der Waals surface area contributed by atoms with Crippen LogP contribution in [0.25, 0.3) is 21.7 Å². The maximum absolute atomic E-state index is 12.6. The van der Waals surface area contributed by atoms with Crippen molar-refractivity contribution in [2.75, 3.05) is 14.2 Å². The first-order valence-electron chi connectivity index (χ1n) is 9.10. The number of nitriles is 1. The molecule has 144 valence electrons. The van der Waals surface area contributed by atoms with Crippen LogP contribution in [0.4, 0.5) is 0 Å². The number of unbranched alkanes of at least 4 members (excludes halogenated alkanes) is 1. The largest absolute Gasteiger partial charge is 0.493 e. The highest BCUT2D eigenvalue weighted by atomic mass is 32.1. The van der Waals surface area contributed by atoms with E-state index in [1.54, 1.807) is 37.7 Å².